The lowest BCUT2D eigenvalue weighted by molar-refractivity contribution is 0.569. The zero-order chi connectivity index (χ0) is 11.8. The van der Waals surface area contributed by atoms with Crippen LogP contribution in [0.5, 0.6) is 0 Å². The van der Waals surface area contributed by atoms with Gasteiger partial charge in [-0.05, 0) is 19.3 Å². The van der Waals surface area contributed by atoms with E-state index in [1.807, 2.05) is 0 Å². The van der Waals surface area contributed by atoms with Crippen molar-refractivity contribution < 1.29 is 4.39 Å². The van der Waals surface area contributed by atoms with E-state index in [1.54, 1.807) is 4.52 Å². The molecule has 1 aliphatic rings. The Labute approximate surface area is 98.0 Å². The van der Waals surface area contributed by atoms with Crippen molar-refractivity contribution in [2.24, 2.45) is 0 Å². The first-order valence-electron chi connectivity index (χ1n) is 5.80. The quantitative estimate of drug-likeness (QED) is 0.812. The van der Waals surface area contributed by atoms with Gasteiger partial charge in [-0.25, -0.2) is 13.9 Å². The van der Waals surface area contributed by atoms with Crippen LogP contribution >= 0.6 is 0 Å². The highest BCUT2D eigenvalue weighted by molar-refractivity contribution is 5.58. The third-order valence-corrected chi connectivity index (χ3v) is 3.15. The number of nitrogens with zero attached hydrogens (tertiary/aromatic N) is 4. The summed E-state index contributed by atoms with van der Waals surface area (Å²) < 4.78 is 15.3. The van der Waals surface area contributed by atoms with Crippen molar-refractivity contribution in [3.63, 3.8) is 0 Å². The molecule has 0 spiro atoms. The van der Waals surface area contributed by atoms with Gasteiger partial charge in [0.1, 0.15) is 11.3 Å². The van der Waals surface area contributed by atoms with Gasteiger partial charge in [-0.15, -0.1) is 5.10 Å². The molecule has 0 aromatic carbocycles. The van der Waals surface area contributed by atoms with Crippen LogP contribution in [0.15, 0.2) is 12.3 Å². The van der Waals surface area contributed by atoms with Gasteiger partial charge in [0.15, 0.2) is 5.82 Å². The Balaban J connectivity index is 2.11. The molecular weight excluding hydrogens is 221 g/mol. The first-order chi connectivity index (χ1) is 8.25. The van der Waals surface area contributed by atoms with E-state index in [2.05, 4.69) is 15.0 Å². The Morgan fingerprint density at radius 1 is 1.24 bits per heavy atom. The van der Waals surface area contributed by atoms with Gasteiger partial charge in [0.2, 0.25) is 5.95 Å². The largest absolute Gasteiger partial charge is 0.367 e. The van der Waals surface area contributed by atoms with E-state index in [4.69, 9.17) is 5.73 Å². The number of aromatic nitrogens is 3. The van der Waals surface area contributed by atoms with Crippen LogP contribution in [-0.4, -0.2) is 27.7 Å². The van der Waals surface area contributed by atoms with E-state index in [0.29, 0.717) is 5.52 Å². The van der Waals surface area contributed by atoms with Gasteiger partial charge in [0.25, 0.3) is 0 Å². The molecule has 5 nitrogen and oxygen atoms in total. The summed E-state index contributed by atoms with van der Waals surface area (Å²) in [6, 6.07) is 1.51. The predicted molar refractivity (Wildman–Crippen MR) is 63.4 cm³/mol. The van der Waals surface area contributed by atoms with Crippen LogP contribution in [0, 0.1) is 5.82 Å². The highest BCUT2D eigenvalue weighted by Crippen LogP contribution is 2.24. The molecule has 2 aromatic heterocycles. The van der Waals surface area contributed by atoms with E-state index >= 15 is 0 Å². The number of rotatable bonds is 1. The maximum absolute atomic E-state index is 13.7. The summed E-state index contributed by atoms with van der Waals surface area (Å²) in [6.45, 7) is 1.88. The van der Waals surface area contributed by atoms with E-state index in [-0.39, 0.29) is 11.8 Å². The standard InChI is InChI=1S/C11H14FN5/c12-8-6-10(16-4-2-1-3-5-16)17-9(8)7-14-11(13)15-17/h6-7H,1-5H2,(H2,13,15). The van der Waals surface area contributed by atoms with Crippen molar-refractivity contribution in [3.05, 3.63) is 18.1 Å². The van der Waals surface area contributed by atoms with Gasteiger partial charge in [0, 0.05) is 19.2 Å². The molecular formula is C11H14FN5. The second-order valence-electron chi connectivity index (χ2n) is 4.31. The average molecular weight is 235 g/mol. The maximum atomic E-state index is 13.7. The zero-order valence-electron chi connectivity index (χ0n) is 9.43. The van der Waals surface area contributed by atoms with Crippen LogP contribution in [0.1, 0.15) is 19.3 Å². The summed E-state index contributed by atoms with van der Waals surface area (Å²) in [5, 5.41) is 4.07. The van der Waals surface area contributed by atoms with Gasteiger partial charge in [-0.3, -0.25) is 0 Å². The van der Waals surface area contributed by atoms with E-state index < -0.39 is 0 Å². The SMILES string of the molecule is Nc1ncc2c(F)cc(N3CCCCC3)n2n1. The molecule has 90 valence electrons. The first-order valence-corrected chi connectivity index (χ1v) is 5.80. The molecule has 0 radical (unpaired) electrons. The van der Waals surface area contributed by atoms with Gasteiger partial charge in [0.05, 0.1) is 6.20 Å². The minimum absolute atomic E-state index is 0.159. The van der Waals surface area contributed by atoms with E-state index in [9.17, 15) is 4.39 Å². The summed E-state index contributed by atoms with van der Waals surface area (Å²) in [4.78, 5) is 5.96. The van der Waals surface area contributed by atoms with E-state index in [1.165, 1.54) is 18.7 Å². The number of piperidine rings is 1. The van der Waals surface area contributed by atoms with Crippen LogP contribution in [0.2, 0.25) is 0 Å². The van der Waals surface area contributed by atoms with Crippen molar-refractivity contribution in [2.45, 2.75) is 19.3 Å². The molecule has 0 aliphatic carbocycles. The zero-order valence-corrected chi connectivity index (χ0v) is 9.43. The number of halogens is 1. The van der Waals surface area contributed by atoms with Gasteiger partial charge >= 0.3 is 0 Å². The van der Waals surface area contributed by atoms with Crippen molar-refractivity contribution in [3.8, 4) is 0 Å². The normalized spacial score (nSPS) is 16.6. The number of fused-ring (bicyclic) bond motifs is 1. The Kier molecular flexibility index (Phi) is 2.35. The summed E-state index contributed by atoms with van der Waals surface area (Å²) in [7, 11) is 0. The minimum Gasteiger partial charge on any atom is -0.367 e. The maximum Gasteiger partial charge on any atom is 0.238 e. The summed E-state index contributed by atoms with van der Waals surface area (Å²) in [6.07, 6.45) is 4.93. The molecule has 0 atom stereocenters. The number of nitrogen functional groups attached to an aromatic ring is 1. The topological polar surface area (TPSA) is 59.5 Å². The van der Waals surface area contributed by atoms with Gasteiger partial charge < -0.3 is 10.6 Å². The van der Waals surface area contributed by atoms with Crippen LogP contribution in [-0.2, 0) is 0 Å². The minimum atomic E-state index is -0.300. The Bertz CT molecular complexity index is 544. The third-order valence-electron chi connectivity index (χ3n) is 3.15. The molecule has 3 heterocycles. The average Bonchev–Trinajstić information content (AvgIpc) is 2.67. The molecule has 17 heavy (non-hydrogen) atoms. The predicted octanol–water partition coefficient (Wildman–Crippen LogP) is 1.44. The molecule has 2 aromatic rings. The smallest absolute Gasteiger partial charge is 0.238 e. The summed E-state index contributed by atoms with van der Waals surface area (Å²) in [5.74, 6) is 0.628. The lowest BCUT2D eigenvalue weighted by Crippen LogP contribution is -2.30. The fourth-order valence-electron chi connectivity index (χ4n) is 2.30. The fourth-order valence-corrected chi connectivity index (χ4v) is 2.30. The number of hydrogen-bond donors (Lipinski definition) is 1. The number of nitrogens with two attached hydrogens (primary N) is 1. The van der Waals surface area contributed by atoms with Crippen LogP contribution in [0.25, 0.3) is 5.52 Å². The molecule has 0 amide bonds. The highest BCUT2D eigenvalue weighted by Gasteiger charge is 2.18. The van der Waals surface area contributed by atoms with Crippen molar-refractivity contribution in [2.75, 3.05) is 23.7 Å². The first kappa shape index (κ1) is 10.3. The van der Waals surface area contributed by atoms with Crippen LogP contribution < -0.4 is 10.6 Å². The fraction of sp³-hybridized carbons (Fsp3) is 0.455. The molecule has 6 heteroatoms. The molecule has 1 aliphatic heterocycles. The van der Waals surface area contributed by atoms with Crippen LogP contribution in [0.3, 0.4) is 0 Å². The Hall–Kier alpha value is -1.85. The second-order valence-corrected chi connectivity index (χ2v) is 4.31. The molecule has 2 N–H and O–H groups in total. The third kappa shape index (κ3) is 1.69. The van der Waals surface area contributed by atoms with Crippen molar-refractivity contribution in [1.29, 1.82) is 0 Å². The summed E-state index contributed by atoms with van der Waals surface area (Å²) in [5.41, 5.74) is 5.92. The van der Waals surface area contributed by atoms with E-state index in [0.717, 1.165) is 31.7 Å². The van der Waals surface area contributed by atoms with Crippen molar-refractivity contribution in [1.82, 2.24) is 14.6 Å². The number of anilines is 2. The Morgan fingerprint density at radius 2 is 2.00 bits per heavy atom. The lowest BCUT2D eigenvalue weighted by atomic mass is 10.1. The second kappa shape index (κ2) is 3.87. The van der Waals surface area contributed by atoms with Crippen molar-refractivity contribution >= 4 is 17.3 Å². The molecule has 3 rings (SSSR count). The summed E-state index contributed by atoms with van der Waals surface area (Å²) >= 11 is 0. The lowest BCUT2D eigenvalue weighted by Gasteiger charge is -2.27. The number of hydrogen-bond acceptors (Lipinski definition) is 4. The molecule has 0 bridgehead atoms. The van der Waals surface area contributed by atoms with Gasteiger partial charge in [-0.2, -0.15) is 0 Å². The molecule has 0 unspecified atom stereocenters. The van der Waals surface area contributed by atoms with Gasteiger partial charge in [-0.1, -0.05) is 0 Å². The molecule has 0 saturated carbocycles. The highest BCUT2D eigenvalue weighted by atomic mass is 19.1. The monoisotopic (exact) mass is 235 g/mol. The molecule has 1 saturated heterocycles. The molecule has 1 fully saturated rings. The Morgan fingerprint density at radius 3 is 2.76 bits per heavy atom. The van der Waals surface area contributed by atoms with Crippen LogP contribution in [0.4, 0.5) is 16.2 Å².